The van der Waals surface area contributed by atoms with Crippen molar-refractivity contribution < 1.29 is 19.0 Å². The zero-order valence-electron chi connectivity index (χ0n) is 17.3. The number of rotatable bonds is 6. The van der Waals surface area contributed by atoms with Gasteiger partial charge in [-0.3, -0.25) is 4.79 Å². The highest BCUT2D eigenvalue weighted by molar-refractivity contribution is 5.94. The Labute approximate surface area is 176 Å². The Bertz CT molecular complexity index is 1030. The number of methoxy groups -OCH3 is 2. The Morgan fingerprint density at radius 2 is 1.70 bits per heavy atom. The lowest BCUT2D eigenvalue weighted by Gasteiger charge is -2.30. The van der Waals surface area contributed by atoms with Crippen LogP contribution >= 0.6 is 0 Å². The van der Waals surface area contributed by atoms with Crippen LogP contribution in [0.25, 0.3) is 0 Å². The van der Waals surface area contributed by atoms with Crippen LogP contribution in [0, 0.1) is 0 Å². The summed E-state index contributed by atoms with van der Waals surface area (Å²) in [7, 11) is 3.24. The molecule has 0 spiro atoms. The maximum atomic E-state index is 13.0. The molecule has 30 heavy (non-hydrogen) atoms. The lowest BCUT2D eigenvalue weighted by molar-refractivity contribution is 0.0734. The molecule has 5 nitrogen and oxygen atoms in total. The predicted molar refractivity (Wildman–Crippen MR) is 115 cm³/mol. The van der Waals surface area contributed by atoms with Gasteiger partial charge in [0.1, 0.15) is 12.4 Å². The standard InChI is InChI=1S/C25H25NO4/c1-28-22-10-6-9-20(13-22)25(27)26-12-11-19-14-24(23(29-2)15-21(19)16-26)30-17-18-7-4-3-5-8-18/h3-10,13-15H,11-12,16-17H2,1-2H3. The van der Waals surface area contributed by atoms with Gasteiger partial charge in [-0.1, -0.05) is 36.4 Å². The van der Waals surface area contributed by atoms with Gasteiger partial charge in [-0.2, -0.15) is 0 Å². The molecule has 4 rings (SSSR count). The van der Waals surface area contributed by atoms with Gasteiger partial charge in [0, 0.05) is 18.7 Å². The average Bonchev–Trinajstić information content (AvgIpc) is 2.82. The summed E-state index contributed by atoms with van der Waals surface area (Å²) in [6.07, 6.45) is 0.775. The third kappa shape index (κ3) is 4.25. The maximum absolute atomic E-state index is 13.0. The molecule has 0 saturated carbocycles. The maximum Gasteiger partial charge on any atom is 0.254 e. The summed E-state index contributed by atoms with van der Waals surface area (Å²) in [5, 5.41) is 0. The molecule has 1 aliphatic rings. The summed E-state index contributed by atoms with van der Waals surface area (Å²) in [4.78, 5) is 14.8. The number of benzene rings is 3. The van der Waals surface area contributed by atoms with Crippen molar-refractivity contribution in [1.82, 2.24) is 4.90 Å². The number of hydrogen-bond acceptors (Lipinski definition) is 4. The van der Waals surface area contributed by atoms with Crippen molar-refractivity contribution in [1.29, 1.82) is 0 Å². The van der Waals surface area contributed by atoms with Crippen molar-refractivity contribution in [2.75, 3.05) is 20.8 Å². The highest BCUT2D eigenvalue weighted by atomic mass is 16.5. The third-order valence-electron chi connectivity index (χ3n) is 5.34. The molecule has 1 heterocycles. The lowest BCUT2D eigenvalue weighted by Crippen LogP contribution is -2.36. The fraction of sp³-hybridized carbons (Fsp3) is 0.240. The molecular weight excluding hydrogens is 378 g/mol. The molecule has 0 aromatic heterocycles. The molecule has 1 amide bonds. The number of nitrogens with zero attached hydrogens (tertiary/aromatic N) is 1. The summed E-state index contributed by atoms with van der Waals surface area (Å²) >= 11 is 0. The Morgan fingerprint density at radius 1 is 0.900 bits per heavy atom. The van der Waals surface area contributed by atoms with Crippen LogP contribution in [0.15, 0.2) is 66.7 Å². The minimum atomic E-state index is 0.00270. The molecule has 0 bridgehead atoms. The van der Waals surface area contributed by atoms with Gasteiger partial charge in [-0.15, -0.1) is 0 Å². The van der Waals surface area contributed by atoms with Crippen LogP contribution in [-0.2, 0) is 19.6 Å². The zero-order valence-corrected chi connectivity index (χ0v) is 17.3. The van der Waals surface area contributed by atoms with Crippen molar-refractivity contribution in [2.45, 2.75) is 19.6 Å². The topological polar surface area (TPSA) is 48.0 Å². The van der Waals surface area contributed by atoms with E-state index < -0.39 is 0 Å². The van der Waals surface area contributed by atoms with Crippen LogP contribution in [0.3, 0.4) is 0 Å². The van der Waals surface area contributed by atoms with Crippen LogP contribution in [0.1, 0.15) is 27.0 Å². The first-order valence-electron chi connectivity index (χ1n) is 9.98. The Morgan fingerprint density at radius 3 is 2.47 bits per heavy atom. The largest absolute Gasteiger partial charge is 0.497 e. The third-order valence-corrected chi connectivity index (χ3v) is 5.34. The Hall–Kier alpha value is -3.47. The van der Waals surface area contributed by atoms with E-state index in [1.807, 2.05) is 65.6 Å². The summed E-state index contributed by atoms with van der Waals surface area (Å²) in [6.45, 7) is 1.69. The molecule has 5 heteroatoms. The van der Waals surface area contributed by atoms with Crippen LogP contribution < -0.4 is 14.2 Å². The quantitative estimate of drug-likeness (QED) is 0.609. The minimum Gasteiger partial charge on any atom is -0.497 e. The second-order valence-corrected chi connectivity index (χ2v) is 7.25. The van der Waals surface area contributed by atoms with Gasteiger partial charge < -0.3 is 19.1 Å². The van der Waals surface area contributed by atoms with Crippen molar-refractivity contribution in [3.63, 3.8) is 0 Å². The van der Waals surface area contributed by atoms with Gasteiger partial charge in [0.25, 0.3) is 5.91 Å². The Kier molecular flexibility index (Phi) is 5.89. The van der Waals surface area contributed by atoms with Crippen molar-refractivity contribution in [3.8, 4) is 17.2 Å². The molecule has 0 fully saturated rings. The van der Waals surface area contributed by atoms with Gasteiger partial charge in [0.2, 0.25) is 0 Å². The first-order chi connectivity index (χ1) is 14.7. The summed E-state index contributed by atoms with van der Waals surface area (Å²) in [6, 6.07) is 21.4. The number of amides is 1. The van der Waals surface area contributed by atoms with Crippen LogP contribution in [0.5, 0.6) is 17.2 Å². The summed E-state index contributed by atoms with van der Waals surface area (Å²) < 4.78 is 16.8. The SMILES string of the molecule is COc1cccc(C(=O)N2CCc3cc(OCc4ccccc4)c(OC)cc3C2)c1. The second kappa shape index (κ2) is 8.91. The van der Waals surface area contributed by atoms with E-state index in [9.17, 15) is 4.79 Å². The number of carbonyl (C=O) groups is 1. The molecule has 0 unspecified atom stereocenters. The van der Waals surface area contributed by atoms with Gasteiger partial charge in [0.05, 0.1) is 14.2 Å². The van der Waals surface area contributed by atoms with E-state index in [0.29, 0.717) is 36.8 Å². The Balaban J connectivity index is 1.51. The van der Waals surface area contributed by atoms with E-state index in [1.165, 1.54) is 5.56 Å². The molecule has 3 aromatic rings. The fourth-order valence-electron chi connectivity index (χ4n) is 3.68. The van der Waals surface area contributed by atoms with Crippen LogP contribution in [-0.4, -0.2) is 31.6 Å². The number of carbonyl (C=O) groups excluding carboxylic acids is 1. The van der Waals surface area contributed by atoms with Crippen LogP contribution in [0.2, 0.25) is 0 Å². The molecule has 154 valence electrons. The van der Waals surface area contributed by atoms with Gasteiger partial charge in [-0.05, 0) is 53.4 Å². The van der Waals surface area contributed by atoms with Gasteiger partial charge in [-0.25, -0.2) is 0 Å². The van der Waals surface area contributed by atoms with E-state index in [1.54, 1.807) is 20.3 Å². The van der Waals surface area contributed by atoms with E-state index in [4.69, 9.17) is 14.2 Å². The highest BCUT2D eigenvalue weighted by Gasteiger charge is 2.24. The zero-order chi connectivity index (χ0) is 20.9. The highest BCUT2D eigenvalue weighted by Crippen LogP contribution is 2.34. The van der Waals surface area contributed by atoms with E-state index in [0.717, 1.165) is 23.3 Å². The monoisotopic (exact) mass is 403 g/mol. The minimum absolute atomic E-state index is 0.00270. The molecule has 3 aromatic carbocycles. The van der Waals surface area contributed by atoms with Crippen molar-refractivity contribution in [2.24, 2.45) is 0 Å². The van der Waals surface area contributed by atoms with Gasteiger partial charge in [0.15, 0.2) is 11.5 Å². The number of hydrogen-bond donors (Lipinski definition) is 0. The van der Waals surface area contributed by atoms with Crippen LogP contribution in [0.4, 0.5) is 0 Å². The second-order valence-electron chi connectivity index (χ2n) is 7.25. The van der Waals surface area contributed by atoms with E-state index >= 15 is 0 Å². The molecule has 0 saturated heterocycles. The first-order valence-corrected chi connectivity index (χ1v) is 9.98. The molecule has 0 aliphatic carbocycles. The van der Waals surface area contributed by atoms with Crippen molar-refractivity contribution >= 4 is 5.91 Å². The van der Waals surface area contributed by atoms with Gasteiger partial charge >= 0.3 is 0 Å². The molecule has 1 aliphatic heterocycles. The normalized spacial score (nSPS) is 12.8. The molecule has 0 radical (unpaired) electrons. The van der Waals surface area contributed by atoms with E-state index in [2.05, 4.69) is 0 Å². The fourth-order valence-corrected chi connectivity index (χ4v) is 3.68. The molecule has 0 atom stereocenters. The van der Waals surface area contributed by atoms with E-state index in [-0.39, 0.29) is 5.91 Å². The summed E-state index contributed by atoms with van der Waals surface area (Å²) in [5.41, 5.74) is 4.01. The average molecular weight is 403 g/mol. The number of ether oxygens (including phenoxy) is 3. The van der Waals surface area contributed by atoms with Crippen molar-refractivity contribution in [3.05, 3.63) is 89.0 Å². The molecular formula is C25H25NO4. The summed E-state index contributed by atoms with van der Waals surface area (Å²) in [5.74, 6) is 2.09. The smallest absolute Gasteiger partial charge is 0.254 e. The number of fused-ring (bicyclic) bond motifs is 1. The predicted octanol–water partition coefficient (Wildman–Crippen LogP) is 4.48. The lowest BCUT2D eigenvalue weighted by atomic mass is 9.98. The first kappa shape index (κ1) is 19.8. The molecule has 0 N–H and O–H groups in total.